The second kappa shape index (κ2) is 25.9. The summed E-state index contributed by atoms with van der Waals surface area (Å²) in [7, 11) is 3.47. The molecule has 4 aliphatic rings. The number of nitrogens with zero attached hydrogens (tertiary/aromatic N) is 6. The van der Waals surface area contributed by atoms with E-state index in [1.165, 1.54) is 0 Å². The van der Waals surface area contributed by atoms with Crippen molar-refractivity contribution in [1.82, 2.24) is 40.7 Å². The monoisotopic (exact) mass is 938 g/mol. The minimum atomic E-state index is -0.209. The van der Waals surface area contributed by atoms with Gasteiger partial charge in [-0.3, -0.25) is 34.7 Å². The number of piperidine rings is 3. The molecule has 19 heteroatoms. The van der Waals surface area contributed by atoms with Crippen LogP contribution in [-0.4, -0.2) is 152 Å². The number of carbonyl (C=O) groups is 5. The third-order valence-corrected chi connectivity index (χ3v) is 13.1. The van der Waals surface area contributed by atoms with Gasteiger partial charge in [0.1, 0.15) is 17.5 Å². The summed E-state index contributed by atoms with van der Waals surface area (Å²) in [6.07, 6.45) is 15.1. The van der Waals surface area contributed by atoms with E-state index >= 15 is 0 Å². The first-order valence-corrected chi connectivity index (χ1v) is 24.3. The Kier molecular flexibility index (Phi) is 19.6. The van der Waals surface area contributed by atoms with E-state index in [0.29, 0.717) is 84.4 Å². The third kappa shape index (κ3) is 14.7. The molecule has 3 aromatic rings. The number of hydrogen-bond acceptors (Lipinski definition) is 16. The molecule has 0 spiro atoms. The summed E-state index contributed by atoms with van der Waals surface area (Å²) < 4.78 is 5.51. The number of amides is 3. The minimum absolute atomic E-state index is 0.0889. The Bertz CT molecular complexity index is 2180. The number of ether oxygens (including phenoxy) is 1. The number of hydrogen-bond donors (Lipinski definition) is 7. The molecule has 7 rings (SSSR count). The standard InChI is InChI=1S/C43H61N11O4.C6H10N2O2/c1-30(2)48-38-25-40(50-39-11-18-46-43(51-39)53-23-15-34(58-3)16-24-53)47-26-35(38)41(44)54-22-12-31(27-54)42(57)49-33-13-20-52(21-14-33)19-7-5-4-6-17-45-37-10-8-9-32(28-55)36(37)29-56;1-7-4-2-3-5(9)8-6(4)10/h8-11,18,25-26,28-31,33-34,44-45H,4-7,12-17,19-24,27H2,1-3H3,(H,49,57)(H2,46,47,48,50,51);4,7H,2-3H2,1H3,(H,8,9,10). The Morgan fingerprint density at radius 2 is 1.71 bits per heavy atom. The van der Waals surface area contributed by atoms with Gasteiger partial charge in [-0.25, -0.2) is 9.97 Å². The topological polar surface area (TPSA) is 239 Å². The van der Waals surface area contributed by atoms with Crippen molar-refractivity contribution in [2.24, 2.45) is 5.92 Å². The number of unbranched alkanes of at least 4 members (excludes halogenated alkanes) is 3. The van der Waals surface area contributed by atoms with Gasteiger partial charge in [-0.15, -0.1) is 0 Å². The molecule has 4 aliphatic heterocycles. The number of pyridine rings is 1. The Hall–Kier alpha value is -6.05. The highest BCUT2D eigenvalue weighted by atomic mass is 16.5. The zero-order valence-corrected chi connectivity index (χ0v) is 40.2. The molecule has 0 bridgehead atoms. The zero-order valence-electron chi connectivity index (χ0n) is 40.2. The van der Waals surface area contributed by atoms with Gasteiger partial charge < -0.3 is 46.0 Å². The fourth-order valence-corrected chi connectivity index (χ4v) is 9.08. The lowest BCUT2D eigenvalue weighted by Crippen LogP contribution is -2.49. The molecule has 6 heterocycles. The lowest BCUT2D eigenvalue weighted by molar-refractivity contribution is -0.134. The fourth-order valence-electron chi connectivity index (χ4n) is 9.08. The predicted molar refractivity (Wildman–Crippen MR) is 264 cm³/mol. The van der Waals surface area contributed by atoms with Crippen LogP contribution in [0.2, 0.25) is 0 Å². The van der Waals surface area contributed by atoms with Crippen LogP contribution in [-0.2, 0) is 19.1 Å². The second-order valence-electron chi connectivity index (χ2n) is 18.3. The average Bonchev–Trinajstić information content (AvgIpc) is 3.85. The summed E-state index contributed by atoms with van der Waals surface area (Å²) in [5, 5.41) is 27.7. The first kappa shape index (κ1) is 51.3. The lowest BCUT2D eigenvalue weighted by Gasteiger charge is -2.33. The highest BCUT2D eigenvalue weighted by Crippen LogP contribution is 2.27. The van der Waals surface area contributed by atoms with E-state index < -0.39 is 0 Å². The number of aromatic nitrogens is 3. The van der Waals surface area contributed by atoms with Crippen LogP contribution in [0, 0.1) is 11.3 Å². The molecular weight excluding hydrogens is 867 g/mol. The number of aldehydes is 2. The van der Waals surface area contributed by atoms with Gasteiger partial charge in [0, 0.05) is 107 Å². The van der Waals surface area contributed by atoms with Crippen LogP contribution in [0.3, 0.4) is 0 Å². The molecule has 0 saturated carbocycles. The first-order chi connectivity index (χ1) is 33.0. The van der Waals surface area contributed by atoms with Crippen molar-refractivity contribution < 1.29 is 28.7 Å². The number of benzene rings is 1. The average molecular weight is 938 g/mol. The molecule has 4 fully saturated rings. The number of anilines is 5. The van der Waals surface area contributed by atoms with Gasteiger partial charge >= 0.3 is 0 Å². The predicted octanol–water partition coefficient (Wildman–Crippen LogP) is 4.59. The summed E-state index contributed by atoms with van der Waals surface area (Å²) in [5.74, 6) is 1.86. The van der Waals surface area contributed by atoms with Crippen LogP contribution < -0.4 is 36.8 Å². The third-order valence-electron chi connectivity index (χ3n) is 13.1. The molecule has 2 unspecified atom stereocenters. The van der Waals surface area contributed by atoms with Crippen LogP contribution in [0.4, 0.5) is 29.0 Å². The van der Waals surface area contributed by atoms with Crippen LogP contribution >= 0.6 is 0 Å². The number of likely N-dealkylation sites (N-methyl/N-ethyl adjacent to an activating group) is 1. The fraction of sp³-hybridized carbons (Fsp3) is 0.571. The van der Waals surface area contributed by atoms with Crippen molar-refractivity contribution in [2.75, 3.05) is 87.4 Å². The highest BCUT2D eigenvalue weighted by molar-refractivity contribution is 6.02. The van der Waals surface area contributed by atoms with Crippen molar-refractivity contribution in [2.45, 2.75) is 109 Å². The largest absolute Gasteiger partial charge is 0.384 e. The molecule has 4 saturated heterocycles. The van der Waals surface area contributed by atoms with Crippen molar-refractivity contribution >= 4 is 65.1 Å². The van der Waals surface area contributed by atoms with Crippen LogP contribution in [0.25, 0.3) is 0 Å². The maximum absolute atomic E-state index is 13.4. The zero-order chi connectivity index (χ0) is 48.4. The van der Waals surface area contributed by atoms with Gasteiger partial charge in [0.05, 0.1) is 29.3 Å². The summed E-state index contributed by atoms with van der Waals surface area (Å²) in [4.78, 5) is 78.1. The normalized spacial score (nSPS) is 19.2. The molecule has 2 aromatic heterocycles. The SMILES string of the molecule is CNC1CCC(=O)NC1=O.COC1CCN(c2nccc(Nc3cc(NC(C)C)c(C(=N)N4CCC(C(=O)NC5CCN(CCCCCCNc6cccc(C=O)c6C=O)CC5)C4)cn3)n2)CC1. The van der Waals surface area contributed by atoms with Crippen molar-refractivity contribution in [3.8, 4) is 0 Å². The molecule has 0 aliphatic carbocycles. The number of nitrogens with one attached hydrogen (secondary N) is 7. The molecule has 2 atom stereocenters. The first-order valence-electron chi connectivity index (χ1n) is 24.3. The highest BCUT2D eigenvalue weighted by Gasteiger charge is 2.33. The quantitative estimate of drug-likeness (QED) is 0.0270. The van der Waals surface area contributed by atoms with Gasteiger partial charge in [0.15, 0.2) is 12.6 Å². The number of likely N-dealkylation sites (tertiary alicyclic amines) is 2. The van der Waals surface area contributed by atoms with Crippen molar-refractivity contribution in [1.29, 1.82) is 5.41 Å². The Morgan fingerprint density at radius 3 is 2.41 bits per heavy atom. The smallest absolute Gasteiger partial charge is 0.243 e. The molecule has 68 heavy (non-hydrogen) atoms. The van der Waals surface area contributed by atoms with Gasteiger partial charge in [-0.05, 0) is 90.9 Å². The molecule has 368 valence electrons. The summed E-state index contributed by atoms with van der Waals surface area (Å²) in [5.41, 5.74) is 3.04. The van der Waals surface area contributed by atoms with Gasteiger partial charge in [0.25, 0.3) is 0 Å². The molecule has 3 amide bonds. The number of rotatable bonds is 20. The number of imide groups is 1. The van der Waals surface area contributed by atoms with Crippen LogP contribution in [0.15, 0.2) is 42.7 Å². The Morgan fingerprint density at radius 1 is 0.926 bits per heavy atom. The van der Waals surface area contributed by atoms with E-state index in [4.69, 9.17) is 9.72 Å². The van der Waals surface area contributed by atoms with Gasteiger partial charge in [-0.2, -0.15) is 4.98 Å². The van der Waals surface area contributed by atoms with Gasteiger partial charge in [-0.1, -0.05) is 25.0 Å². The molecule has 1 aromatic carbocycles. The Balaban J connectivity index is 0.000000675. The van der Waals surface area contributed by atoms with E-state index in [2.05, 4.69) is 65.5 Å². The van der Waals surface area contributed by atoms with E-state index in [-0.39, 0.29) is 47.9 Å². The lowest BCUT2D eigenvalue weighted by atomic mass is 10.0. The molecule has 7 N–H and O–H groups in total. The van der Waals surface area contributed by atoms with Crippen molar-refractivity contribution in [3.05, 3.63) is 59.4 Å². The van der Waals surface area contributed by atoms with E-state index in [1.54, 1.807) is 38.7 Å². The number of carbonyl (C=O) groups excluding carboxylic acids is 5. The maximum atomic E-state index is 13.4. The van der Waals surface area contributed by atoms with E-state index in [0.717, 1.165) is 103 Å². The summed E-state index contributed by atoms with van der Waals surface area (Å²) >= 11 is 0. The number of amidine groups is 1. The van der Waals surface area contributed by atoms with Crippen LogP contribution in [0.1, 0.15) is 111 Å². The minimum Gasteiger partial charge on any atom is -0.384 e. The van der Waals surface area contributed by atoms with Crippen molar-refractivity contribution in [3.63, 3.8) is 0 Å². The van der Waals surface area contributed by atoms with E-state index in [1.807, 2.05) is 23.1 Å². The molecule has 19 nitrogen and oxygen atoms in total. The summed E-state index contributed by atoms with van der Waals surface area (Å²) in [6, 6.07) is 9.16. The second-order valence-corrected chi connectivity index (χ2v) is 18.3. The Labute approximate surface area is 400 Å². The maximum Gasteiger partial charge on any atom is 0.243 e. The van der Waals surface area contributed by atoms with Crippen LogP contribution in [0.5, 0.6) is 0 Å². The molecular formula is C49H71N13O6. The molecule has 0 radical (unpaired) electrons. The number of methoxy groups -OCH3 is 1. The van der Waals surface area contributed by atoms with Gasteiger partial charge in [0.2, 0.25) is 23.7 Å². The van der Waals surface area contributed by atoms with E-state index in [9.17, 15) is 29.4 Å². The summed E-state index contributed by atoms with van der Waals surface area (Å²) in [6.45, 7) is 10.7.